The van der Waals surface area contributed by atoms with Crippen molar-refractivity contribution in [2.75, 3.05) is 20.1 Å². The minimum atomic E-state index is 1.05. The van der Waals surface area contributed by atoms with Gasteiger partial charge in [-0.25, -0.2) is 0 Å². The van der Waals surface area contributed by atoms with E-state index in [4.69, 9.17) is 4.99 Å². The molecular formula is C19H38N2. The SMILES string of the molecule is CCCCCCCCCCCCN(C)C1=NCCCCC1. The summed E-state index contributed by atoms with van der Waals surface area (Å²) in [5.74, 6) is 1.36. The fourth-order valence-corrected chi connectivity index (χ4v) is 3.14. The molecule has 2 nitrogen and oxygen atoms in total. The third kappa shape index (κ3) is 9.92. The fraction of sp³-hybridized carbons (Fsp3) is 0.947. The molecule has 0 aromatic rings. The lowest BCUT2D eigenvalue weighted by atomic mass is 10.1. The van der Waals surface area contributed by atoms with Crippen LogP contribution in [-0.2, 0) is 0 Å². The van der Waals surface area contributed by atoms with Crippen LogP contribution in [0.5, 0.6) is 0 Å². The maximum Gasteiger partial charge on any atom is 0.0986 e. The van der Waals surface area contributed by atoms with Gasteiger partial charge in [0.2, 0.25) is 0 Å². The molecule has 0 spiro atoms. The maximum absolute atomic E-state index is 4.73. The van der Waals surface area contributed by atoms with Crippen molar-refractivity contribution >= 4 is 5.84 Å². The van der Waals surface area contributed by atoms with Crippen LogP contribution in [0.1, 0.15) is 96.8 Å². The molecule has 0 N–H and O–H groups in total. The summed E-state index contributed by atoms with van der Waals surface area (Å²) in [7, 11) is 2.23. The quantitative estimate of drug-likeness (QED) is 0.439. The van der Waals surface area contributed by atoms with Crippen molar-refractivity contribution in [3.63, 3.8) is 0 Å². The number of nitrogens with zero attached hydrogens (tertiary/aromatic N) is 2. The number of amidine groups is 1. The van der Waals surface area contributed by atoms with Crippen LogP contribution in [0.2, 0.25) is 0 Å². The molecule has 1 rings (SSSR count). The van der Waals surface area contributed by atoms with Gasteiger partial charge >= 0.3 is 0 Å². The number of aliphatic imine (C=N–C) groups is 1. The first-order valence-electron chi connectivity index (χ1n) is 9.59. The summed E-state index contributed by atoms with van der Waals surface area (Å²) in [6.07, 6.45) is 19.4. The molecule has 0 bridgehead atoms. The van der Waals surface area contributed by atoms with Crippen LogP contribution in [0.25, 0.3) is 0 Å². The van der Waals surface area contributed by atoms with E-state index in [2.05, 4.69) is 18.9 Å². The Hall–Kier alpha value is -0.530. The van der Waals surface area contributed by atoms with E-state index in [0.29, 0.717) is 0 Å². The van der Waals surface area contributed by atoms with Gasteiger partial charge in [-0.15, -0.1) is 0 Å². The summed E-state index contributed by atoms with van der Waals surface area (Å²) in [6.45, 7) is 4.55. The smallest absolute Gasteiger partial charge is 0.0986 e. The van der Waals surface area contributed by atoms with E-state index in [-0.39, 0.29) is 0 Å². The van der Waals surface area contributed by atoms with Crippen molar-refractivity contribution in [1.82, 2.24) is 4.90 Å². The second-order valence-electron chi connectivity index (χ2n) is 6.71. The average molecular weight is 295 g/mol. The van der Waals surface area contributed by atoms with Gasteiger partial charge in [0.05, 0.1) is 5.84 Å². The van der Waals surface area contributed by atoms with E-state index in [1.165, 1.54) is 102 Å². The molecule has 124 valence electrons. The largest absolute Gasteiger partial charge is 0.363 e. The van der Waals surface area contributed by atoms with E-state index in [0.717, 1.165) is 6.54 Å². The molecule has 0 unspecified atom stereocenters. The number of unbranched alkanes of at least 4 members (excludes halogenated alkanes) is 9. The second kappa shape index (κ2) is 13.2. The Morgan fingerprint density at radius 3 is 2.10 bits per heavy atom. The Bertz CT molecular complexity index is 260. The summed E-state index contributed by atoms with van der Waals surface area (Å²) >= 11 is 0. The third-order valence-electron chi connectivity index (χ3n) is 4.64. The number of rotatable bonds is 11. The lowest BCUT2D eigenvalue weighted by Gasteiger charge is -2.20. The zero-order chi connectivity index (χ0) is 15.2. The van der Waals surface area contributed by atoms with Gasteiger partial charge in [-0.1, -0.05) is 71.1 Å². The maximum atomic E-state index is 4.73. The Morgan fingerprint density at radius 2 is 1.43 bits per heavy atom. The molecule has 21 heavy (non-hydrogen) atoms. The fourth-order valence-electron chi connectivity index (χ4n) is 3.14. The van der Waals surface area contributed by atoms with Gasteiger partial charge in [0.15, 0.2) is 0 Å². The summed E-state index contributed by atoms with van der Waals surface area (Å²) in [4.78, 5) is 7.14. The van der Waals surface area contributed by atoms with E-state index in [9.17, 15) is 0 Å². The van der Waals surface area contributed by atoms with Crippen molar-refractivity contribution in [3.8, 4) is 0 Å². The van der Waals surface area contributed by atoms with Crippen LogP contribution in [0.3, 0.4) is 0 Å². The highest BCUT2D eigenvalue weighted by atomic mass is 15.2. The molecule has 2 heteroatoms. The molecule has 0 aromatic carbocycles. The van der Waals surface area contributed by atoms with Crippen molar-refractivity contribution in [2.45, 2.75) is 96.8 Å². The zero-order valence-electron chi connectivity index (χ0n) is 14.7. The summed E-state index contributed by atoms with van der Waals surface area (Å²) in [5, 5.41) is 0. The minimum Gasteiger partial charge on any atom is -0.363 e. The van der Waals surface area contributed by atoms with E-state index < -0.39 is 0 Å². The highest BCUT2D eigenvalue weighted by Gasteiger charge is 2.08. The highest BCUT2D eigenvalue weighted by Crippen LogP contribution is 2.12. The number of hydrogen-bond acceptors (Lipinski definition) is 2. The third-order valence-corrected chi connectivity index (χ3v) is 4.64. The standard InChI is InChI=1S/C19H38N2/c1-3-4-5-6-7-8-9-10-11-15-18-21(2)19-16-13-12-14-17-20-19/h3-18H2,1-2H3. The molecular weight excluding hydrogens is 256 g/mol. The van der Waals surface area contributed by atoms with E-state index in [1.54, 1.807) is 0 Å². The van der Waals surface area contributed by atoms with Gasteiger partial charge < -0.3 is 4.90 Å². The van der Waals surface area contributed by atoms with Crippen LogP contribution in [0.15, 0.2) is 4.99 Å². The molecule has 0 saturated heterocycles. The molecule has 0 atom stereocenters. The van der Waals surface area contributed by atoms with Gasteiger partial charge in [0.1, 0.15) is 0 Å². The van der Waals surface area contributed by atoms with Gasteiger partial charge in [0.25, 0.3) is 0 Å². The van der Waals surface area contributed by atoms with Crippen molar-refractivity contribution in [3.05, 3.63) is 0 Å². The Balaban J connectivity index is 1.90. The number of hydrogen-bond donors (Lipinski definition) is 0. The second-order valence-corrected chi connectivity index (χ2v) is 6.71. The van der Waals surface area contributed by atoms with Crippen molar-refractivity contribution < 1.29 is 0 Å². The zero-order valence-corrected chi connectivity index (χ0v) is 14.7. The van der Waals surface area contributed by atoms with Crippen molar-refractivity contribution in [2.24, 2.45) is 4.99 Å². The monoisotopic (exact) mass is 294 g/mol. The van der Waals surface area contributed by atoms with E-state index >= 15 is 0 Å². The lowest BCUT2D eigenvalue weighted by molar-refractivity contribution is 0.454. The van der Waals surface area contributed by atoms with Gasteiger partial charge in [-0.2, -0.15) is 0 Å². The molecule has 0 radical (unpaired) electrons. The normalized spacial score (nSPS) is 15.6. The summed E-state index contributed by atoms with van der Waals surface area (Å²) in [6, 6.07) is 0. The molecule has 0 aromatic heterocycles. The first-order valence-corrected chi connectivity index (χ1v) is 9.59. The highest BCUT2D eigenvalue weighted by molar-refractivity contribution is 5.82. The molecule has 1 aliphatic rings. The first kappa shape index (κ1) is 18.5. The van der Waals surface area contributed by atoms with Gasteiger partial charge in [-0.05, 0) is 19.3 Å². The minimum absolute atomic E-state index is 1.05. The van der Waals surface area contributed by atoms with Gasteiger partial charge in [-0.3, -0.25) is 4.99 Å². The van der Waals surface area contributed by atoms with Crippen LogP contribution in [0, 0.1) is 0 Å². The lowest BCUT2D eigenvalue weighted by Crippen LogP contribution is -2.27. The molecule has 1 heterocycles. The van der Waals surface area contributed by atoms with Gasteiger partial charge in [0, 0.05) is 26.6 Å². The molecule has 0 aliphatic carbocycles. The first-order chi connectivity index (χ1) is 10.3. The summed E-state index contributed by atoms with van der Waals surface area (Å²) in [5.41, 5.74) is 0. The molecule has 0 fully saturated rings. The van der Waals surface area contributed by atoms with Crippen LogP contribution in [-0.4, -0.2) is 30.9 Å². The van der Waals surface area contributed by atoms with Crippen LogP contribution >= 0.6 is 0 Å². The Labute approximate surface area is 133 Å². The van der Waals surface area contributed by atoms with Crippen LogP contribution < -0.4 is 0 Å². The summed E-state index contributed by atoms with van der Waals surface area (Å²) < 4.78 is 0. The average Bonchev–Trinajstić information content (AvgIpc) is 2.78. The molecule has 0 saturated carbocycles. The predicted octanol–water partition coefficient (Wildman–Crippen LogP) is 5.81. The van der Waals surface area contributed by atoms with Crippen LogP contribution in [0.4, 0.5) is 0 Å². The Morgan fingerprint density at radius 1 is 0.810 bits per heavy atom. The predicted molar refractivity (Wildman–Crippen MR) is 95.2 cm³/mol. The topological polar surface area (TPSA) is 15.6 Å². The molecule has 1 aliphatic heterocycles. The Kier molecular flexibility index (Phi) is 11.6. The van der Waals surface area contributed by atoms with Crippen molar-refractivity contribution in [1.29, 1.82) is 0 Å². The molecule has 0 amide bonds. The van der Waals surface area contributed by atoms with E-state index in [1.807, 2.05) is 0 Å².